The van der Waals surface area contributed by atoms with Gasteiger partial charge in [-0.1, -0.05) is 12.1 Å². The Kier molecular flexibility index (Phi) is 5.08. The van der Waals surface area contributed by atoms with Crippen LogP contribution in [0.2, 0.25) is 0 Å². The van der Waals surface area contributed by atoms with E-state index in [0.717, 1.165) is 0 Å². The lowest BCUT2D eigenvalue weighted by Crippen LogP contribution is -2.29. The van der Waals surface area contributed by atoms with Crippen molar-refractivity contribution in [3.8, 4) is 0 Å². The van der Waals surface area contributed by atoms with Gasteiger partial charge in [0.25, 0.3) is 16.1 Å². The summed E-state index contributed by atoms with van der Waals surface area (Å²) in [5, 5.41) is 7.45. The second-order valence-electron chi connectivity index (χ2n) is 3.44. The summed E-state index contributed by atoms with van der Waals surface area (Å²) in [6.45, 7) is 0.704. The molecule has 0 unspecified atom stereocenters. The van der Waals surface area contributed by atoms with Crippen molar-refractivity contribution in [2.45, 2.75) is 0 Å². The quantitative estimate of drug-likeness (QED) is 0.617. The van der Waals surface area contributed by atoms with Crippen molar-refractivity contribution in [2.75, 3.05) is 25.0 Å². The highest BCUT2D eigenvalue weighted by atomic mass is 32.2. The Morgan fingerprint density at radius 2 is 2.06 bits per heavy atom. The molecule has 0 aliphatic carbocycles. The van der Waals surface area contributed by atoms with Crippen LogP contribution in [-0.4, -0.2) is 34.6 Å². The van der Waals surface area contributed by atoms with E-state index in [-0.39, 0.29) is 11.3 Å². The van der Waals surface area contributed by atoms with Gasteiger partial charge < -0.3 is 10.1 Å². The molecule has 0 bridgehead atoms. The maximum Gasteiger partial charge on any atom is 0.296 e. The normalized spacial score (nSPS) is 11.0. The number of carbonyl (C=O) groups excluding carboxylic acids is 1. The summed E-state index contributed by atoms with van der Waals surface area (Å²) in [4.78, 5) is 11.8. The number of nitrogens with two attached hydrogens (primary N) is 1. The van der Waals surface area contributed by atoms with Crippen molar-refractivity contribution in [1.82, 2.24) is 5.32 Å². The van der Waals surface area contributed by atoms with E-state index in [4.69, 9.17) is 9.88 Å². The lowest BCUT2D eigenvalue weighted by molar-refractivity contribution is 0.0938. The molecule has 1 aromatic rings. The molecule has 0 heterocycles. The van der Waals surface area contributed by atoms with Crippen LogP contribution in [0.15, 0.2) is 24.3 Å². The van der Waals surface area contributed by atoms with Gasteiger partial charge in [0.2, 0.25) is 0 Å². The summed E-state index contributed by atoms with van der Waals surface area (Å²) in [7, 11) is -2.40. The predicted molar refractivity (Wildman–Crippen MR) is 67.4 cm³/mol. The van der Waals surface area contributed by atoms with E-state index in [0.29, 0.717) is 13.2 Å². The molecule has 0 aliphatic rings. The van der Waals surface area contributed by atoms with Crippen LogP contribution in [0.25, 0.3) is 0 Å². The molecular formula is C10H15N3O4S. The van der Waals surface area contributed by atoms with Crippen LogP contribution in [0, 0.1) is 0 Å². The molecule has 0 fully saturated rings. The van der Waals surface area contributed by atoms with Crippen molar-refractivity contribution >= 4 is 21.8 Å². The van der Waals surface area contributed by atoms with Gasteiger partial charge in [-0.2, -0.15) is 8.42 Å². The third kappa shape index (κ3) is 4.70. The van der Waals surface area contributed by atoms with Gasteiger partial charge in [-0.15, -0.1) is 0 Å². The standard InChI is InChI=1S/C10H15N3O4S/c1-17-7-6-12-10(14)8-4-2-3-5-9(8)13-18(11,15)16/h2-5,13H,6-7H2,1H3,(H,12,14)(H2,11,15,16). The van der Waals surface area contributed by atoms with E-state index in [2.05, 4.69) is 10.0 Å². The molecule has 0 saturated carbocycles. The van der Waals surface area contributed by atoms with Gasteiger partial charge in [0.1, 0.15) is 0 Å². The molecule has 8 heteroatoms. The Morgan fingerprint density at radius 1 is 1.39 bits per heavy atom. The van der Waals surface area contributed by atoms with Crippen LogP contribution in [0.4, 0.5) is 5.69 Å². The van der Waals surface area contributed by atoms with Gasteiger partial charge in [0.05, 0.1) is 17.9 Å². The number of hydrogen-bond acceptors (Lipinski definition) is 4. The maximum atomic E-state index is 11.8. The van der Waals surface area contributed by atoms with Crippen LogP contribution in [-0.2, 0) is 14.9 Å². The largest absolute Gasteiger partial charge is 0.383 e. The van der Waals surface area contributed by atoms with Crippen LogP contribution in [0.3, 0.4) is 0 Å². The summed E-state index contributed by atoms with van der Waals surface area (Å²) in [5.41, 5.74) is 0.331. The fraction of sp³-hybridized carbons (Fsp3) is 0.300. The molecule has 0 aromatic heterocycles. The van der Waals surface area contributed by atoms with Crippen molar-refractivity contribution < 1.29 is 17.9 Å². The second kappa shape index (κ2) is 6.34. The Balaban J connectivity index is 2.84. The smallest absolute Gasteiger partial charge is 0.296 e. The Bertz CT molecular complexity index is 516. The third-order valence-corrected chi connectivity index (χ3v) is 2.52. The SMILES string of the molecule is COCCNC(=O)c1ccccc1NS(N)(=O)=O. The van der Waals surface area contributed by atoms with E-state index in [9.17, 15) is 13.2 Å². The van der Waals surface area contributed by atoms with Crippen molar-refractivity contribution in [3.05, 3.63) is 29.8 Å². The summed E-state index contributed by atoms with van der Waals surface area (Å²) in [6.07, 6.45) is 0. The zero-order chi connectivity index (χ0) is 13.6. The van der Waals surface area contributed by atoms with Gasteiger partial charge in [0.15, 0.2) is 0 Å². The molecule has 0 radical (unpaired) electrons. The molecule has 0 aliphatic heterocycles. The molecule has 1 aromatic carbocycles. The van der Waals surface area contributed by atoms with Gasteiger partial charge in [0, 0.05) is 13.7 Å². The number of ether oxygens (including phenoxy) is 1. The first-order valence-corrected chi connectivity index (χ1v) is 6.65. The number of amides is 1. The van der Waals surface area contributed by atoms with Crippen LogP contribution < -0.4 is 15.2 Å². The fourth-order valence-electron chi connectivity index (χ4n) is 1.29. The number of carbonyl (C=O) groups is 1. The summed E-state index contributed by atoms with van der Waals surface area (Å²) >= 11 is 0. The highest BCUT2D eigenvalue weighted by Gasteiger charge is 2.13. The minimum atomic E-state index is -3.91. The average Bonchev–Trinajstić information content (AvgIpc) is 2.27. The zero-order valence-corrected chi connectivity index (χ0v) is 10.7. The molecule has 0 saturated heterocycles. The second-order valence-corrected chi connectivity index (χ2v) is 4.74. The molecule has 4 N–H and O–H groups in total. The summed E-state index contributed by atoms with van der Waals surface area (Å²) in [6, 6.07) is 6.17. The van der Waals surface area contributed by atoms with E-state index >= 15 is 0 Å². The third-order valence-electron chi connectivity index (χ3n) is 2.02. The Hall–Kier alpha value is -1.64. The van der Waals surface area contributed by atoms with Crippen molar-refractivity contribution in [1.29, 1.82) is 0 Å². The molecule has 18 heavy (non-hydrogen) atoms. The van der Waals surface area contributed by atoms with Crippen molar-refractivity contribution in [2.24, 2.45) is 5.14 Å². The zero-order valence-electron chi connectivity index (χ0n) is 9.84. The van der Waals surface area contributed by atoms with Gasteiger partial charge in [-0.05, 0) is 12.1 Å². The molecule has 7 nitrogen and oxygen atoms in total. The molecule has 0 atom stereocenters. The lowest BCUT2D eigenvalue weighted by Gasteiger charge is -2.10. The number of nitrogens with one attached hydrogen (secondary N) is 2. The van der Waals surface area contributed by atoms with Crippen LogP contribution >= 0.6 is 0 Å². The lowest BCUT2D eigenvalue weighted by atomic mass is 10.2. The van der Waals surface area contributed by atoms with E-state index in [1.807, 2.05) is 0 Å². The number of rotatable bonds is 6. The number of anilines is 1. The first-order valence-electron chi connectivity index (χ1n) is 5.11. The number of para-hydroxylation sites is 1. The summed E-state index contributed by atoms with van der Waals surface area (Å²) < 4.78 is 28.8. The van der Waals surface area contributed by atoms with Gasteiger partial charge in [-0.3, -0.25) is 9.52 Å². The number of benzene rings is 1. The first kappa shape index (κ1) is 14.4. The van der Waals surface area contributed by atoms with Crippen LogP contribution in [0.5, 0.6) is 0 Å². The number of methoxy groups -OCH3 is 1. The Labute approximate surface area is 106 Å². The molecule has 1 amide bonds. The minimum Gasteiger partial charge on any atom is -0.383 e. The van der Waals surface area contributed by atoms with E-state index in [1.165, 1.54) is 19.2 Å². The average molecular weight is 273 g/mol. The molecule has 1 rings (SSSR count). The molecule has 0 spiro atoms. The van der Waals surface area contributed by atoms with Gasteiger partial charge >= 0.3 is 0 Å². The monoisotopic (exact) mass is 273 g/mol. The molecular weight excluding hydrogens is 258 g/mol. The minimum absolute atomic E-state index is 0.134. The van der Waals surface area contributed by atoms with E-state index in [1.54, 1.807) is 12.1 Å². The maximum absolute atomic E-state index is 11.8. The predicted octanol–water partition coefficient (Wildman–Crippen LogP) is -0.322. The number of hydrogen-bond donors (Lipinski definition) is 3. The van der Waals surface area contributed by atoms with Crippen LogP contribution in [0.1, 0.15) is 10.4 Å². The van der Waals surface area contributed by atoms with Gasteiger partial charge in [-0.25, -0.2) is 5.14 Å². The molecule has 100 valence electrons. The fourth-order valence-corrected chi connectivity index (χ4v) is 1.77. The topological polar surface area (TPSA) is 111 Å². The summed E-state index contributed by atoms with van der Waals surface area (Å²) in [5.74, 6) is -0.404. The highest BCUT2D eigenvalue weighted by Crippen LogP contribution is 2.15. The Morgan fingerprint density at radius 3 is 2.67 bits per heavy atom. The first-order chi connectivity index (χ1) is 8.44. The van der Waals surface area contributed by atoms with E-state index < -0.39 is 16.1 Å². The highest BCUT2D eigenvalue weighted by molar-refractivity contribution is 7.90. The van der Waals surface area contributed by atoms with Crippen molar-refractivity contribution in [3.63, 3.8) is 0 Å².